The molecular weight excluding hydrogens is 286 g/mol. The van der Waals surface area contributed by atoms with Crippen molar-refractivity contribution in [2.24, 2.45) is 0 Å². The van der Waals surface area contributed by atoms with Gasteiger partial charge < -0.3 is 14.9 Å². The van der Waals surface area contributed by atoms with Gasteiger partial charge in [-0.3, -0.25) is 0 Å². The van der Waals surface area contributed by atoms with Crippen LogP contribution in [0.2, 0.25) is 0 Å². The molecule has 1 aliphatic rings. The molecule has 1 aromatic rings. The van der Waals surface area contributed by atoms with Gasteiger partial charge in [0.25, 0.3) is 0 Å². The number of sulfonamides is 1. The SMILES string of the molecule is Cc1cc(O)c(C(=O)O)cc1S(=O)(=O)NC1CCOC1. The molecule has 110 valence electrons. The van der Waals surface area contributed by atoms with Crippen LogP contribution in [-0.2, 0) is 14.8 Å². The van der Waals surface area contributed by atoms with Crippen molar-refractivity contribution in [3.05, 3.63) is 23.3 Å². The van der Waals surface area contributed by atoms with Gasteiger partial charge in [0.15, 0.2) is 0 Å². The number of aromatic hydroxyl groups is 1. The summed E-state index contributed by atoms with van der Waals surface area (Å²) in [5.41, 5.74) is -0.169. The highest BCUT2D eigenvalue weighted by Gasteiger charge is 2.26. The van der Waals surface area contributed by atoms with Crippen LogP contribution < -0.4 is 4.72 Å². The van der Waals surface area contributed by atoms with Crippen LogP contribution in [0.4, 0.5) is 0 Å². The van der Waals surface area contributed by atoms with Crippen LogP contribution in [0.3, 0.4) is 0 Å². The quantitative estimate of drug-likeness (QED) is 0.745. The Balaban J connectivity index is 2.40. The van der Waals surface area contributed by atoms with Gasteiger partial charge in [0, 0.05) is 12.6 Å². The van der Waals surface area contributed by atoms with Crippen molar-refractivity contribution in [1.82, 2.24) is 4.72 Å². The number of carboxylic acid groups (broad SMARTS) is 1. The number of hydrogen-bond donors (Lipinski definition) is 3. The van der Waals surface area contributed by atoms with Crippen molar-refractivity contribution < 1.29 is 28.2 Å². The van der Waals surface area contributed by atoms with Crippen molar-refractivity contribution >= 4 is 16.0 Å². The first-order chi connectivity index (χ1) is 9.31. The highest BCUT2D eigenvalue weighted by molar-refractivity contribution is 7.89. The van der Waals surface area contributed by atoms with E-state index in [0.29, 0.717) is 19.6 Å². The molecule has 1 unspecified atom stereocenters. The second kappa shape index (κ2) is 5.39. The average molecular weight is 301 g/mol. The van der Waals surface area contributed by atoms with Crippen molar-refractivity contribution in [2.75, 3.05) is 13.2 Å². The lowest BCUT2D eigenvalue weighted by molar-refractivity contribution is 0.0693. The van der Waals surface area contributed by atoms with E-state index in [4.69, 9.17) is 9.84 Å². The topological polar surface area (TPSA) is 113 Å². The largest absolute Gasteiger partial charge is 0.507 e. The summed E-state index contributed by atoms with van der Waals surface area (Å²) in [7, 11) is -3.85. The standard InChI is InChI=1S/C12H15NO6S/c1-7-4-10(14)9(12(15)16)5-11(7)20(17,18)13-8-2-3-19-6-8/h4-5,8,13-14H,2-3,6H2,1H3,(H,15,16). The minimum atomic E-state index is -3.85. The Kier molecular flexibility index (Phi) is 3.98. The summed E-state index contributed by atoms with van der Waals surface area (Å²) in [4.78, 5) is 10.8. The van der Waals surface area contributed by atoms with Crippen LogP contribution in [0.5, 0.6) is 5.75 Å². The molecule has 0 aliphatic carbocycles. The molecule has 2 rings (SSSR count). The lowest BCUT2D eigenvalue weighted by Gasteiger charge is -2.14. The predicted molar refractivity (Wildman–Crippen MR) is 69.3 cm³/mol. The first-order valence-corrected chi connectivity index (χ1v) is 7.46. The zero-order valence-corrected chi connectivity index (χ0v) is 11.6. The Morgan fingerprint density at radius 2 is 2.15 bits per heavy atom. The summed E-state index contributed by atoms with van der Waals surface area (Å²) in [6.07, 6.45) is 0.572. The van der Waals surface area contributed by atoms with Crippen molar-refractivity contribution in [3.63, 3.8) is 0 Å². The van der Waals surface area contributed by atoms with Crippen LogP contribution in [0.15, 0.2) is 17.0 Å². The summed E-state index contributed by atoms with van der Waals surface area (Å²) in [6.45, 7) is 2.27. The molecule has 0 aromatic heterocycles. The Morgan fingerprint density at radius 3 is 2.70 bits per heavy atom. The molecule has 1 fully saturated rings. The van der Waals surface area contributed by atoms with Gasteiger partial charge >= 0.3 is 5.97 Å². The van der Waals surface area contributed by atoms with E-state index in [9.17, 15) is 18.3 Å². The summed E-state index contributed by atoms with van der Waals surface area (Å²) < 4.78 is 32.1. The summed E-state index contributed by atoms with van der Waals surface area (Å²) >= 11 is 0. The smallest absolute Gasteiger partial charge is 0.339 e. The van der Waals surface area contributed by atoms with E-state index < -0.39 is 27.3 Å². The van der Waals surface area contributed by atoms with E-state index in [1.165, 1.54) is 6.92 Å². The van der Waals surface area contributed by atoms with Gasteiger partial charge in [-0.2, -0.15) is 0 Å². The van der Waals surface area contributed by atoms with E-state index in [1.807, 2.05) is 0 Å². The number of benzene rings is 1. The molecule has 8 heteroatoms. The average Bonchev–Trinajstić information content (AvgIpc) is 2.79. The van der Waals surface area contributed by atoms with Crippen LogP contribution in [0.1, 0.15) is 22.3 Å². The number of aryl methyl sites for hydroxylation is 1. The fourth-order valence-corrected chi connectivity index (χ4v) is 3.55. The second-order valence-corrected chi connectivity index (χ2v) is 6.30. The number of nitrogens with one attached hydrogen (secondary N) is 1. The predicted octanol–water partition coefficient (Wildman–Crippen LogP) is 0.466. The number of rotatable bonds is 4. The zero-order chi connectivity index (χ0) is 14.9. The highest BCUT2D eigenvalue weighted by atomic mass is 32.2. The fourth-order valence-electron chi connectivity index (χ4n) is 2.04. The molecule has 1 aromatic carbocycles. The van der Waals surface area contributed by atoms with Gasteiger partial charge in [-0.15, -0.1) is 0 Å². The first kappa shape index (κ1) is 14.8. The van der Waals surface area contributed by atoms with Crippen molar-refractivity contribution in [3.8, 4) is 5.75 Å². The van der Waals surface area contributed by atoms with Gasteiger partial charge in [-0.05, 0) is 31.0 Å². The third kappa shape index (κ3) is 2.92. The van der Waals surface area contributed by atoms with Gasteiger partial charge in [0.1, 0.15) is 11.3 Å². The van der Waals surface area contributed by atoms with E-state index in [1.54, 1.807) is 0 Å². The summed E-state index contributed by atoms with van der Waals surface area (Å²) in [5.74, 6) is -1.85. The summed E-state index contributed by atoms with van der Waals surface area (Å²) in [6, 6.07) is 1.77. The minimum absolute atomic E-state index is 0.153. The number of aromatic carboxylic acids is 1. The molecule has 0 amide bonds. The molecular formula is C12H15NO6S. The number of phenols is 1. The highest BCUT2D eigenvalue weighted by Crippen LogP contribution is 2.26. The number of hydrogen-bond acceptors (Lipinski definition) is 5. The monoisotopic (exact) mass is 301 g/mol. The van der Waals surface area contributed by atoms with Crippen LogP contribution in [0, 0.1) is 6.92 Å². The lowest BCUT2D eigenvalue weighted by atomic mass is 10.1. The van der Waals surface area contributed by atoms with E-state index in [0.717, 1.165) is 12.1 Å². The van der Waals surface area contributed by atoms with Crippen LogP contribution in [0.25, 0.3) is 0 Å². The molecule has 20 heavy (non-hydrogen) atoms. The Labute approximate surface area is 116 Å². The third-order valence-corrected chi connectivity index (χ3v) is 4.73. The van der Waals surface area contributed by atoms with Gasteiger partial charge in [-0.25, -0.2) is 17.9 Å². The van der Waals surface area contributed by atoms with Gasteiger partial charge in [0.2, 0.25) is 10.0 Å². The number of carboxylic acids is 1. The van der Waals surface area contributed by atoms with Gasteiger partial charge in [-0.1, -0.05) is 0 Å². The Hall–Kier alpha value is -1.64. The fraction of sp³-hybridized carbons (Fsp3) is 0.417. The molecule has 1 heterocycles. The maximum absolute atomic E-state index is 12.3. The van der Waals surface area contributed by atoms with Gasteiger partial charge in [0.05, 0.1) is 11.5 Å². The van der Waals surface area contributed by atoms with E-state index in [2.05, 4.69) is 4.72 Å². The Bertz CT molecular complexity index is 634. The molecule has 3 N–H and O–H groups in total. The normalized spacial score (nSPS) is 19.1. The molecule has 0 saturated carbocycles. The van der Waals surface area contributed by atoms with Crippen LogP contribution >= 0.6 is 0 Å². The van der Waals surface area contributed by atoms with Crippen LogP contribution in [-0.4, -0.2) is 43.9 Å². The first-order valence-electron chi connectivity index (χ1n) is 5.98. The maximum atomic E-state index is 12.3. The van der Waals surface area contributed by atoms with Crippen molar-refractivity contribution in [1.29, 1.82) is 0 Å². The second-order valence-electron chi connectivity index (χ2n) is 4.62. The van der Waals surface area contributed by atoms with E-state index >= 15 is 0 Å². The third-order valence-electron chi connectivity index (χ3n) is 3.06. The zero-order valence-electron chi connectivity index (χ0n) is 10.8. The van der Waals surface area contributed by atoms with Crippen molar-refractivity contribution in [2.45, 2.75) is 24.3 Å². The number of carbonyl (C=O) groups is 1. The molecule has 0 spiro atoms. The molecule has 0 bridgehead atoms. The number of ether oxygens (including phenoxy) is 1. The maximum Gasteiger partial charge on any atom is 0.339 e. The van der Waals surface area contributed by atoms with E-state index in [-0.39, 0.29) is 16.5 Å². The lowest BCUT2D eigenvalue weighted by Crippen LogP contribution is -2.35. The minimum Gasteiger partial charge on any atom is -0.507 e. The molecule has 1 atom stereocenters. The molecule has 1 aliphatic heterocycles. The molecule has 0 radical (unpaired) electrons. The molecule has 7 nitrogen and oxygen atoms in total. The molecule has 1 saturated heterocycles. The Morgan fingerprint density at radius 1 is 1.45 bits per heavy atom. The summed E-state index contributed by atoms with van der Waals surface area (Å²) in [5, 5.41) is 18.5.